The highest BCUT2D eigenvalue weighted by atomic mass is 32.2. The van der Waals surface area contributed by atoms with E-state index in [0.717, 1.165) is 10.7 Å². The molecule has 1 atom stereocenters. The smallest absolute Gasteiger partial charge is 0.325 e. The predicted octanol–water partition coefficient (Wildman–Crippen LogP) is 2.41. The number of amides is 3. The van der Waals surface area contributed by atoms with Crippen molar-refractivity contribution in [2.45, 2.75) is 18.5 Å². The van der Waals surface area contributed by atoms with Crippen LogP contribution in [0.5, 0.6) is 0 Å². The minimum Gasteiger partial charge on any atom is -0.439 e. The van der Waals surface area contributed by atoms with E-state index in [1.54, 1.807) is 23.9 Å². The van der Waals surface area contributed by atoms with Crippen LogP contribution in [-0.4, -0.2) is 38.9 Å². The Morgan fingerprint density at radius 2 is 2.12 bits per heavy atom. The highest BCUT2D eigenvalue weighted by Crippen LogP contribution is 2.34. The SMILES string of the molecule is O=C1N[C@@]2(CCSC2)C(=O)N1Cc1ncc(-c2ccc(F)cc2)o1. The lowest BCUT2D eigenvalue weighted by Gasteiger charge is -2.18. The first-order valence-corrected chi connectivity index (χ1v) is 8.65. The zero-order valence-corrected chi connectivity index (χ0v) is 13.4. The second-order valence-corrected chi connectivity index (χ2v) is 6.94. The van der Waals surface area contributed by atoms with Crippen LogP contribution in [-0.2, 0) is 11.3 Å². The fraction of sp³-hybridized carbons (Fsp3) is 0.312. The zero-order valence-electron chi connectivity index (χ0n) is 12.6. The lowest BCUT2D eigenvalue weighted by atomic mass is 9.99. The summed E-state index contributed by atoms with van der Waals surface area (Å²) in [5, 5.41) is 2.80. The van der Waals surface area contributed by atoms with Crippen LogP contribution in [0.1, 0.15) is 12.3 Å². The Morgan fingerprint density at radius 1 is 1.33 bits per heavy atom. The third-order valence-electron chi connectivity index (χ3n) is 4.24. The molecule has 2 aliphatic rings. The van der Waals surface area contributed by atoms with Crippen LogP contribution in [0.2, 0.25) is 0 Å². The molecule has 1 aromatic carbocycles. The molecule has 3 heterocycles. The highest BCUT2D eigenvalue weighted by Gasteiger charge is 2.53. The van der Waals surface area contributed by atoms with Crippen molar-refractivity contribution in [3.63, 3.8) is 0 Å². The Balaban J connectivity index is 1.53. The first-order chi connectivity index (χ1) is 11.6. The zero-order chi connectivity index (χ0) is 16.7. The quantitative estimate of drug-likeness (QED) is 0.863. The molecular formula is C16H14FN3O3S. The van der Waals surface area contributed by atoms with E-state index in [2.05, 4.69) is 10.3 Å². The number of benzene rings is 1. The molecule has 0 aliphatic carbocycles. The molecule has 2 aromatic rings. The van der Waals surface area contributed by atoms with E-state index >= 15 is 0 Å². The van der Waals surface area contributed by atoms with Gasteiger partial charge in [-0.2, -0.15) is 11.8 Å². The summed E-state index contributed by atoms with van der Waals surface area (Å²) in [4.78, 5) is 30.0. The molecule has 2 aliphatic heterocycles. The van der Waals surface area contributed by atoms with E-state index in [1.165, 1.54) is 18.3 Å². The van der Waals surface area contributed by atoms with Crippen LogP contribution in [0.4, 0.5) is 9.18 Å². The van der Waals surface area contributed by atoms with E-state index in [0.29, 0.717) is 23.5 Å². The van der Waals surface area contributed by atoms with E-state index in [1.807, 2.05) is 0 Å². The maximum absolute atomic E-state index is 13.0. The van der Waals surface area contributed by atoms with E-state index in [-0.39, 0.29) is 24.2 Å². The molecule has 1 spiro atoms. The average Bonchev–Trinajstić information content (AvgIpc) is 3.27. The van der Waals surface area contributed by atoms with Gasteiger partial charge in [0.2, 0.25) is 5.89 Å². The second kappa shape index (κ2) is 5.62. The Bertz CT molecular complexity index is 799. The van der Waals surface area contributed by atoms with Crippen molar-refractivity contribution >= 4 is 23.7 Å². The maximum Gasteiger partial charge on any atom is 0.325 e. The fourth-order valence-corrected chi connectivity index (χ4v) is 4.24. The van der Waals surface area contributed by atoms with Crippen LogP contribution in [0.3, 0.4) is 0 Å². The van der Waals surface area contributed by atoms with Gasteiger partial charge in [0.25, 0.3) is 5.91 Å². The molecule has 8 heteroatoms. The number of halogens is 1. The van der Waals surface area contributed by atoms with Gasteiger partial charge in [0.1, 0.15) is 17.9 Å². The molecule has 0 unspecified atom stereocenters. The second-order valence-electron chi connectivity index (χ2n) is 5.83. The standard InChI is InChI=1S/C16H14FN3O3S/c17-11-3-1-10(2-4-11)12-7-18-13(23-12)8-20-14(21)16(19-15(20)22)5-6-24-9-16/h1-4,7H,5-6,8-9H2,(H,19,22)/t16-/m1/s1. The van der Waals surface area contributed by atoms with Crippen molar-refractivity contribution in [2.24, 2.45) is 0 Å². The van der Waals surface area contributed by atoms with Gasteiger partial charge in [-0.15, -0.1) is 0 Å². The maximum atomic E-state index is 13.0. The van der Waals surface area contributed by atoms with Gasteiger partial charge in [0, 0.05) is 11.3 Å². The minimum atomic E-state index is -0.770. The summed E-state index contributed by atoms with van der Waals surface area (Å²) in [5.74, 6) is 1.62. The molecule has 4 rings (SSSR count). The number of urea groups is 1. The highest BCUT2D eigenvalue weighted by molar-refractivity contribution is 7.99. The van der Waals surface area contributed by atoms with Crippen LogP contribution in [0, 0.1) is 5.82 Å². The largest absolute Gasteiger partial charge is 0.439 e. The van der Waals surface area contributed by atoms with E-state index in [4.69, 9.17) is 4.42 Å². The van der Waals surface area contributed by atoms with Crippen molar-refractivity contribution in [1.29, 1.82) is 0 Å². The summed E-state index contributed by atoms with van der Waals surface area (Å²) >= 11 is 1.65. The molecular weight excluding hydrogens is 333 g/mol. The number of carbonyl (C=O) groups excluding carboxylic acids is 2. The number of nitrogens with one attached hydrogen (secondary N) is 1. The molecule has 124 valence electrons. The van der Waals surface area contributed by atoms with Gasteiger partial charge in [-0.25, -0.2) is 14.2 Å². The number of carbonyl (C=O) groups is 2. The number of rotatable bonds is 3. The summed E-state index contributed by atoms with van der Waals surface area (Å²) in [6.45, 7) is -0.0156. The molecule has 24 heavy (non-hydrogen) atoms. The Labute approximate surface area is 141 Å². The van der Waals surface area contributed by atoms with Gasteiger partial charge in [0.05, 0.1) is 6.20 Å². The molecule has 3 amide bonds. The van der Waals surface area contributed by atoms with Gasteiger partial charge < -0.3 is 9.73 Å². The normalized spacial score (nSPS) is 23.3. The number of nitrogens with zero attached hydrogens (tertiary/aromatic N) is 2. The monoisotopic (exact) mass is 347 g/mol. The molecule has 0 bridgehead atoms. The average molecular weight is 347 g/mol. The van der Waals surface area contributed by atoms with Gasteiger partial charge in [-0.3, -0.25) is 9.69 Å². The summed E-state index contributed by atoms with van der Waals surface area (Å²) < 4.78 is 18.6. The van der Waals surface area contributed by atoms with Crippen molar-refractivity contribution < 1.29 is 18.4 Å². The Morgan fingerprint density at radius 3 is 2.83 bits per heavy atom. The number of hydrogen-bond donors (Lipinski definition) is 1. The van der Waals surface area contributed by atoms with Gasteiger partial charge >= 0.3 is 6.03 Å². The van der Waals surface area contributed by atoms with Crippen molar-refractivity contribution in [2.75, 3.05) is 11.5 Å². The molecule has 2 fully saturated rings. The fourth-order valence-electron chi connectivity index (χ4n) is 2.92. The number of thioether (sulfide) groups is 1. The van der Waals surface area contributed by atoms with Crippen molar-refractivity contribution in [3.05, 3.63) is 42.2 Å². The Kier molecular flexibility index (Phi) is 3.56. The van der Waals surface area contributed by atoms with Crippen molar-refractivity contribution in [1.82, 2.24) is 15.2 Å². The van der Waals surface area contributed by atoms with Crippen LogP contribution >= 0.6 is 11.8 Å². The molecule has 1 aromatic heterocycles. The Hall–Kier alpha value is -2.35. The lowest BCUT2D eigenvalue weighted by molar-refractivity contribution is -0.131. The third-order valence-corrected chi connectivity index (χ3v) is 5.43. The molecule has 0 radical (unpaired) electrons. The molecule has 1 N–H and O–H groups in total. The first-order valence-electron chi connectivity index (χ1n) is 7.50. The number of imide groups is 1. The van der Waals surface area contributed by atoms with Crippen LogP contribution < -0.4 is 5.32 Å². The lowest BCUT2D eigenvalue weighted by Crippen LogP contribution is -2.46. The predicted molar refractivity (Wildman–Crippen MR) is 85.7 cm³/mol. The topological polar surface area (TPSA) is 75.4 Å². The van der Waals surface area contributed by atoms with Gasteiger partial charge in [0.15, 0.2) is 5.76 Å². The number of hydrogen-bond acceptors (Lipinski definition) is 5. The van der Waals surface area contributed by atoms with Gasteiger partial charge in [-0.1, -0.05) is 0 Å². The van der Waals surface area contributed by atoms with Crippen molar-refractivity contribution in [3.8, 4) is 11.3 Å². The van der Waals surface area contributed by atoms with E-state index in [9.17, 15) is 14.0 Å². The molecule has 2 saturated heterocycles. The van der Waals surface area contributed by atoms with Gasteiger partial charge in [-0.05, 0) is 36.4 Å². The van der Waals surface area contributed by atoms with Crippen LogP contribution in [0.25, 0.3) is 11.3 Å². The minimum absolute atomic E-state index is 0.0156. The third kappa shape index (κ3) is 2.47. The molecule has 6 nitrogen and oxygen atoms in total. The summed E-state index contributed by atoms with van der Waals surface area (Å²) in [6.07, 6.45) is 2.15. The molecule has 0 saturated carbocycles. The summed E-state index contributed by atoms with van der Waals surface area (Å²) in [6, 6.07) is 5.41. The first kappa shape index (κ1) is 15.2. The number of oxazole rings is 1. The van der Waals surface area contributed by atoms with Crippen LogP contribution in [0.15, 0.2) is 34.9 Å². The summed E-state index contributed by atoms with van der Waals surface area (Å²) in [5.41, 5.74) is -0.0928. The van der Waals surface area contributed by atoms with E-state index < -0.39 is 11.6 Å². The summed E-state index contributed by atoms with van der Waals surface area (Å²) in [7, 11) is 0. The number of aromatic nitrogens is 1.